The Labute approximate surface area is 273 Å². The molecule has 6 heteroatoms. The SMILES string of the molecule is CCCCCCCCCCCCOC(=O)Cc1cn(C(=O)c2ccccc2)cc1CC(=O)OCCCCCCCCCCCC. The second kappa shape index (κ2) is 25.3. The molecular formula is C39H61NO5. The number of ether oxygens (including phenoxy) is 2. The van der Waals surface area contributed by atoms with E-state index in [2.05, 4.69) is 13.8 Å². The van der Waals surface area contributed by atoms with Gasteiger partial charge in [0.15, 0.2) is 0 Å². The van der Waals surface area contributed by atoms with Gasteiger partial charge in [-0.3, -0.25) is 19.0 Å². The zero-order valence-corrected chi connectivity index (χ0v) is 28.5. The van der Waals surface area contributed by atoms with E-state index in [-0.39, 0.29) is 30.7 Å². The lowest BCUT2D eigenvalue weighted by Gasteiger charge is -2.07. The first-order valence-corrected chi connectivity index (χ1v) is 18.2. The Morgan fingerprint density at radius 2 is 0.867 bits per heavy atom. The smallest absolute Gasteiger partial charge is 0.310 e. The molecule has 0 aliphatic rings. The number of hydrogen-bond donors (Lipinski definition) is 0. The van der Waals surface area contributed by atoms with Crippen LogP contribution < -0.4 is 0 Å². The van der Waals surface area contributed by atoms with Gasteiger partial charge in [0.2, 0.25) is 0 Å². The van der Waals surface area contributed by atoms with Gasteiger partial charge in [0, 0.05) is 18.0 Å². The number of carbonyl (C=O) groups is 3. The van der Waals surface area contributed by atoms with Crippen LogP contribution in [-0.2, 0) is 31.9 Å². The minimum atomic E-state index is -0.337. The molecule has 2 aromatic rings. The van der Waals surface area contributed by atoms with E-state index in [9.17, 15) is 14.4 Å². The number of carbonyl (C=O) groups excluding carboxylic acids is 3. The van der Waals surface area contributed by atoms with Crippen molar-refractivity contribution in [3.05, 3.63) is 59.4 Å². The van der Waals surface area contributed by atoms with E-state index in [0.29, 0.717) is 29.9 Å². The molecule has 0 unspecified atom stereocenters. The number of esters is 2. The van der Waals surface area contributed by atoms with Crippen LogP contribution in [0.15, 0.2) is 42.7 Å². The predicted octanol–water partition coefficient (Wildman–Crippen LogP) is 10.2. The highest BCUT2D eigenvalue weighted by atomic mass is 16.5. The molecule has 1 aromatic heterocycles. The molecular weight excluding hydrogens is 562 g/mol. The maximum atomic E-state index is 13.1. The summed E-state index contributed by atoms with van der Waals surface area (Å²) in [5.74, 6) is -0.882. The molecule has 0 atom stereocenters. The van der Waals surface area contributed by atoms with Crippen LogP contribution >= 0.6 is 0 Å². The van der Waals surface area contributed by atoms with E-state index >= 15 is 0 Å². The molecule has 0 spiro atoms. The van der Waals surface area contributed by atoms with Gasteiger partial charge >= 0.3 is 11.9 Å². The van der Waals surface area contributed by atoms with Crippen molar-refractivity contribution in [1.29, 1.82) is 0 Å². The molecule has 0 N–H and O–H groups in total. The van der Waals surface area contributed by atoms with Crippen LogP contribution in [0.1, 0.15) is 164 Å². The van der Waals surface area contributed by atoms with Crippen molar-refractivity contribution < 1.29 is 23.9 Å². The minimum absolute atomic E-state index is 0.0217. The van der Waals surface area contributed by atoms with Crippen LogP contribution in [0, 0.1) is 0 Å². The van der Waals surface area contributed by atoms with Crippen molar-refractivity contribution in [2.45, 2.75) is 155 Å². The Morgan fingerprint density at radius 3 is 1.24 bits per heavy atom. The standard InChI is InChI=1S/C39H61NO5/c1-3-5-7-9-11-13-15-17-19-24-28-44-37(41)30-35-32-40(39(43)34-26-22-21-23-27-34)33-36(35)31-38(42)45-29-25-20-18-16-14-12-10-8-6-4-2/h21-23,26-27,32-33H,3-20,24-25,28-31H2,1-2H3. The normalized spacial score (nSPS) is 11.1. The summed E-state index contributed by atoms with van der Waals surface area (Å²) in [7, 11) is 0. The third-order valence-corrected chi connectivity index (χ3v) is 8.45. The summed E-state index contributed by atoms with van der Waals surface area (Å²) in [5.41, 5.74) is 1.80. The lowest BCUT2D eigenvalue weighted by molar-refractivity contribution is -0.144. The van der Waals surface area contributed by atoms with E-state index in [1.807, 2.05) is 18.2 Å². The molecule has 2 rings (SSSR count). The maximum Gasteiger partial charge on any atom is 0.310 e. The summed E-state index contributed by atoms with van der Waals surface area (Å²) >= 11 is 0. The van der Waals surface area contributed by atoms with E-state index in [1.54, 1.807) is 24.5 Å². The first-order chi connectivity index (χ1) is 22.0. The van der Waals surface area contributed by atoms with Gasteiger partial charge in [-0.1, -0.05) is 148 Å². The van der Waals surface area contributed by atoms with Crippen LogP contribution in [0.2, 0.25) is 0 Å². The molecule has 0 aliphatic heterocycles. The van der Waals surface area contributed by atoms with Crippen molar-refractivity contribution >= 4 is 17.8 Å². The van der Waals surface area contributed by atoms with E-state index in [1.165, 1.54) is 107 Å². The van der Waals surface area contributed by atoms with Gasteiger partial charge in [0.05, 0.1) is 26.1 Å². The predicted molar refractivity (Wildman–Crippen MR) is 184 cm³/mol. The largest absolute Gasteiger partial charge is 0.465 e. The zero-order valence-electron chi connectivity index (χ0n) is 28.5. The van der Waals surface area contributed by atoms with Crippen LogP contribution in [0.25, 0.3) is 0 Å². The molecule has 0 saturated carbocycles. The van der Waals surface area contributed by atoms with Crippen LogP contribution in [0.3, 0.4) is 0 Å². The van der Waals surface area contributed by atoms with Gasteiger partial charge in [-0.15, -0.1) is 0 Å². The number of aromatic nitrogens is 1. The zero-order chi connectivity index (χ0) is 32.4. The maximum absolute atomic E-state index is 13.1. The number of nitrogens with zero attached hydrogens (tertiary/aromatic N) is 1. The fourth-order valence-electron chi connectivity index (χ4n) is 5.67. The van der Waals surface area contributed by atoms with Crippen molar-refractivity contribution in [3.63, 3.8) is 0 Å². The highest BCUT2D eigenvalue weighted by Crippen LogP contribution is 2.17. The summed E-state index contributed by atoms with van der Waals surface area (Å²) < 4.78 is 12.5. The highest BCUT2D eigenvalue weighted by molar-refractivity contribution is 5.96. The molecule has 252 valence electrons. The Hall–Kier alpha value is -2.89. The minimum Gasteiger partial charge on any atom is -0.465 e. The Balaban J connectivity index is 1.76. The third-order valence-electron chi connectivity index (χ3n) is 8.45. The summed E-state index contributed by atoms with van der Waals surface area (Å²) in [5, 5.41) is 0. The van der Waals surface area contributed by atoms with E-state index < -0.39 is 0 Å². The Bertz CT molecular complexity index is 1000. The number of rotatable bonds is 27. The van der Waals surface area contributed by atoms with Crippen LogP contribution in [-0.4, -0.2) is 35.6 Å². The fourth-order valence-corrected chi connectivity index (χ4v) is 5.67. The highest BCUT2D eigenvalue weighted by Gasteiger charge is 2.19. The van der Waals surface area contributed by atoms with E-state index in [0.717, 1.165) is 25.7 Å². The first kappa shape index (κ1) is 38.3. The molecule has 0 saturated heterocycles. The van der Waals surface area contributed by atoms with E-state index in [4.69, 9.17) is 9.47 Å². The van der Waals surface area contributed by atoms with Gasteiger partial charge in [-0.2, -0.15) is 0 Å². The molecule has 6 nitrogen and oxygen atoms in total. The first-order valence-electron chi connectivity index (χ1n) is 18.2. The van der Waals surface area contributed by atoms with Gasteiger partial charge < -0.3 is 9.47 Å². The quantitative estimate of drug-likeness (QED) is 0.0731. The van der Waals surface area contributed by atoms with Gasteiger partial charge in [-0.25, -0.2) is 0 Å². The summed E-state index contributed by atoms with van der Waals surface area (Å²) in [6.45, 7) is 5.28. The summed E-state index contributed by atoms with van der Waals surface area (Å²) in [6, 6.07) is 8.99. The fraction of sp³-hybridized carbons (Fsp3) is 0.667. The second-order valence-corrected chi connectivity index (χ2v) is 12.5. The average molecular weight is 624 g/mol. The van der Waals surface area contributed by atoms with Gasteiger partial charge in [0.1, 0.15) is 0 Å². The van der Waals surface area contributed by atoms with Crippen molar-refractivity contribution in [2.75, 3.05) is 13.2 Å². The number of hydrogen-bond acceptors (Lipinski definition) is 5. The monoisotopic (exact) mass is 623 g/mol. The number of benzene rings is 1. The lowest BCUT2D eigenvalue weighted by atomic mass is 10.1. The molecule has 0 fully saturated rings. The Kier molecular flexibility index (Phi) is 21.5. The molecule has 1 aromatic carbocycles. The van der Waals surface area contributed by atoms with Gasteiger partial charge in [0.25, 0.3) is 5.91 Å². The van der Waals surface area contributed by atoms with Gasteiger partial charge in [-0.05, 0) is 36.1 Å². The summed E-state index contributed by atoms with van der Waals surface area (Å²) in [4.78, 5) is 38.5. The molecule has 0 amide bonds. The van der Waals surface area contributed by atoms with Crippen molar-refractivity contribution in [1.82, 2.24) is 4.57 Å². The third kappa shape index (κ3) is 18.0. The van der Waals surface area contributed by atoms with Crippen LogP contribution in [0.4, 0.5) is 0 Å². The topological polar surface area (TPSA) is 74.6 Å². The summed E-state index contributed by atoms with van der Waals surface area (Å²) in [6.07, 6.45) is 27.8. The molecule has 45 heavy (non-hydrogen) atoms. The molecule has 1 heterocycles. The molecule has 0 bridgehead atoms. The molecule has 0 radical (unpaired) electrons. The lowest BCUT2D eigenvalue weighted by Crippen LogP contribution is -2.13. The molecule has 0 aliphatic carbocycles. The number of unbranched alkanes of at least 4 members (excludes halogenated alkanes) is 18. The second-order valence-electron chi connectivity index (χ2n) is 12.5. The van der Waals surface area contributed by atoms with Crippen LogP contribution in [0.5, 0.6) is 0 Å². The van der Waals surface area contributed by atoms with Crippen molar-refractivity contribution in [2.24, 2.45) is 0 Å². The van der Waals surface area contributed by atoms with Crippen molar-refractivity contribution in [3.8, 4) is 0 Å². The Morgan fingerprint density at radius 1 is 0.511 bits per heavy atom. The average Bonchev–Trinajstić information content (AvgIpc) is 3.43.